The Balaban J connectivity index is 1.37. The summed E-state index contributed by atoms with van der Waals surface area (Å²) in [6, 6.07) is 30.4. The highest BCUT2D eigenvalue weighted by atomic mass is 31.1. The van der Waals surface area contributed by atoms with Gasteiger partial charge in [0.15, 0.2) is 0 Å². The number of benzene rings is 3. The van der Waals surface area contributed by atoms with Gasteiger partial charge in [0.2, 0.25) is 0 Å². The molecule has 0 saturated heterocycles. The molecule has 3 aromatic rings. The molecule has 0 aromatic heterocycles. The number of unbranched alkanes of at least 4 members (excludes halogenated alkanes) is 30. The Labute approximate surface area is 344 Å². The standard InChI is InChI=1S/C54H87P/c1-3-5-7-9-11-13-15-17-19-21-23-25-27-29-31-34-42-50-44-38-40-48-53(50)55(52-46-36-33-37-47-52)54-49-41-39-45-51(54)43-35-32-30-28-26-24-22-20-18-16-14-12-10-8-6-4-2/h33,36-41,44-49H,3-32,34-35,42-43H2,1-2H3. The minimum absolute atomic E-state index is 0.576. The second kappa shape index (κ2) is 34.2. The fourth-order valence-corrected chi connectivity index (χ4v) is 11.3. The number of hydrogen-bond donors (Lipinski definition) is 0. The van der Waals surface area contributed by atoms with Crippen LogP contribution in [0.5, 0.6) is 0 Å². The van der Waals surface area contributed by atoms with E-state index in [-0.39, 0.29) is 0 Å². The van der Waals surface area contributed by atoms with Crippen LogP contribution in [0.25, 0.3) is 0 Å². The van der Waals surface area contributed by atoms with Gasteiger partial charge < -0.3 is 0 Å². The SMILES string of the molecule is CCCCCCCCCCCCCCCCCCc1ccccc1P(c1ccccc1)c1ccccc1CCCCCCCCCCCCCCCCCC. The van der Waals surface area contributed by atoms with Crippen LogP contribution < -0.4 is 15.9 Å². The Morgan fingerprint density at radius 2 is 0.527 bits per heavy atom. The predicted octanol–water partition coefficient (Wildman–Crippen LogP) is 17.1. The normalized spacial score (nSPS) is 11.5. The molecule has 308 valence electrons. The van der Waals surface area contributed by atoms with E-state index in [1.54, 1.807) is 21.7 Å². The van der Waals surface area contributed by atoms with Gasteiger partial charge in [-0.25, -0.2) is 0 Å². The van der Waals surface area contributed by atoms with Crippen LogP contribution in [0, 0.1) is 0 Å². The monoisotopic (exact) mass is 767 g/mol. The summed E-state index contributed by atoms with van der Waals surface area (Å²) in [5.41, 5.74) is 3.17. The smallest absolute Gasteiger partial charge is 0.0119 e. The van der Waals surface area contributed by atoms with Gasteiger partial charge in [0.05, 0.1) is 0 Å². The number of rotatable bonds is 37. The average molecular weight is 767 g/mol. The molecule has 0 atom stereocenters. The van der Waals surface area contributed by atoms with Crippen molar-refractivity contribution in [3.05, 3.63) is 90.0 Å². The summed E-state index contributed by atoms with van der Waals surface area (Å²) >= 11 is 0. The van der Waals surface area contributed by atoms with Crippen LogP contribution >= 0.6 is 7.92 Å². The molecule has 55 heavy (non-hydrogen) atoms. The molecule has 0 radical (unpaired) electrons. The van der Waals surface area contributed by atoms with Crippen LogP contribution in [-0.2, 0) is 12.8 Å². The molecular formula is C54H87P. The molecule has 3 rings (SSSR count). The van der Waals surface area contributed by atoms with Crippen LogP contribution in [0.3, 0.4) is 0 Å². The van der Waals surface area contributed by atoms with E-state index in [0.717, 1.165) is 0 Å². The molecule has 0 aliphatic rings. The molecule has 0 fully saturated rings. The molecule has 0 N–H and O–H groups in total. The Morgan fingerprint density at radius 3 is 0.836 bits per heavy atom. The van der Waals surface area contributed by atoms with Crippen LogP contribution in [0.2, 0.25) is 0 Å². The molecular weight excluding hydrogens is 680 g/mol. The van der Waals surface area contributed by atoms with Crippen molar-refractivity contribution >= 4 is 23.8 Å². The quantitative estimate of drug-likeness (QED) is 0.0405. The highest BCUT2D eigenvalue weighted by Gasteiger charge is 2.21. The molecule has 3 aromatic carbocycles. The van der Waals surface area contributed by atoms with E-state index >= 15 is 0 Å². The maximum Gasteiger partial charge on any atom is -0.0119 e. The van der Waals surface area contributed by atoms with E-state index in [1.807, 2.05) is 0 Å². The third-order valence-electron chi connectivity index (χ3n) is 12.1. The lowest BCUT2D eigenvalue weighted by atomic mass is 10.0. The summed E-state index contributed by atoms with van der Waals surface area (Å²) in [6.07, 6.45) is 48.1. The first-order chi connectivity index (χ1) is 27.3. The predicted molar refractivity (Wildman–Crippen MR) is 252 cm³/mol. The minimum atomic E-state index is -0.576. The second-order valence-corrected chi connectivity index (χ2v) is 19.2. The van der Waals surface area contributed by atoms with Crippen LogP contribution in [-0.4, -0.2) is 0 Å². The summed E-state index contributed by atoms with van der Waals surface area (Å²) in [7, 11) is -0.576. The highest BCUT2D eigenvalue weighted by Crippen LogP contribution is 2.36. The Kier molecular flexibility index (Phi) is 29.5. The van der Waals surface area contributed by atoms with Crippen LogP contribution in [0.15, 0.2) is 78.9 Å². The summed E-state index contributed by atoms with van der Waals surface area (Å²) in [5, 5.41) is 4.67. The Morgan fingerprint density at radius 1 is 0.273 bits per heavy atom. The summed E-state index contributed by atoms with van der Waals surface area (Å²) < 4.78 is 0. The van der Waals surface area contributed by atoms with Crippen molar-refractivity contribution in [3.8, 4) is 0 Å². The third kappa shape index (κ3) is 22.6. The zero-order valence-electron chi connectivity index (χ0n) is 36.5. The average Bonchev–Trinajstić information content (AvgIpc) is 3.22. The molecule has 0 bridgehead atoms. The highest BCUT2D eigenvalue weighted by molar-refractivity contribution is 7.80. The zero-order valence-corrected chi connectivity index (χ0v) is 37.4. The Hall–Kier alpha value is -1.91. The minimum Gasteiger partial charge on any atom is -0.0654 e. The maximum atomic E-state index is 2.46. The fraction of sp³-hybridized carbons (Fsp3) is 0.667. The van der Waals surface area contributed by atoms with Crippen molar-refractivity contribution in [2.45, 2.75) is 232 Å². The van der Waals surface area contributed by atoms with E-state index in [9.17, 15) is 0 Å². The molecule has 0 nitrogen and oxygen atoms in total. The lowest BCUT2D eigenvalue weighted by molar-refractivity contribution is 0.529. The molecule has 0 spiro atoms. The van der Waals surface area contributed by atoms with Crippen molar-refractivity contribution in [2.75, 3.05) is 0 Å². The van der Waals surface area contributed by atoms with Crippen molar-refractivity contribution in [2.24, 2.45) is 0 Å². The number of hydrogen-bond acceptors (Lipinski definition) is 0. The zero-order chi connectivity index (χ0) is 38.7. The van der Waals surface area contributed by atoms with Gasteiger partial charge in [-0.15, -0.1) is 0 Å². The van der Waals surface area contributed by atoms with Gasteiger partial charge >= 0.3 is 0 Å². The summed E-state index contributed by atoms with van der Waals surface area (Å²) in [6.45, 7) is 4.62. The third-order valence-corrected chi connectivity index (χ3v) is 14.7. The van der Waals surface area contributed by atoms with E-state index in [2.05, 4.69) is 92.7 Å². The first kappa shape index (κ1) is 47.5. The largest absolute Gasteiger partial charge is 0.0654 e. The second-order valence-electron chi connectivity index (χ2n) is 17.0. The van der Waals surface area contributed by atoms with Crippen molar-refractivity contribution in [3.63, 3.8) is 0 Å². The molecule has 0 heterocycles. The van der Waals surface area contributed by atoms with Crippen LogP contribution in [0.1, 0.15) is 230 Å². The molecule has 0 aliphatic heterocycles. The van der Waals surface area contributed by atoms with Gasteiger partial charge in [-0.2, -0.15) is 0 Å². The lowest BCUT2D eigenvalue weighted by Crippen LogP contribution is -2.25. The van der Waals surface area contributed by atoms with Gasteiger partial charge in [0.1, 0.15) is 0 Å². The molecule has 0 amide bonds. The van der Waals surface area contributed by atoms with Crippen LogP contribution in [0.4, 0.5) is 0 Å². The van der Waals surface area contributed by atoms with Crippen molar-refractivity contribution in [1.29, 1.82) is 0 Å². The summed E-state index contributed by atoms with van der Waals surface area (Å²) in [5.74, 6) is 0. The molecule has 1 heteroatoms. The van der Waals surface area contributed by atoms with Gasteiger partial charge in [-0.1, -0.05) is 285 Å². The Bertz CT molecular complexity index is 1180. The van der Waals surface area contributed by atoms with Crippen molar-refractivity contribution < 1.29 is 0 Å². The first-order valence-corrected chi connectivity index (χ1v) is 25.7. The summed E-state index contributed by atoms with van der Waals surface area (Å²) in [4.78, 5) is 0. The van der Waals surface area contributed by atoms with E-state index < -0.39 is 7.92 Å². The lowest BCUT2D eigenvalue weighted by Gasteiger charge is -2.25. The van der Waals surface area contributed by atoms with Gasteiger partial charge in [-0.05, 0) is 60.6 Å². The first-order valence-electron chi connectivity index (χ1n) is 24.4. The molecule has 0 unspecified atom stereocenters. The molecule has 0 saturated carbocycles. The van der Waals surface area contributed by atoms with E-state index in [1.165, 1.54) is 224 Å². The van der Waals surface area contributed by atoms with Gasteiger partial charge in [-0.3, -0.25) is 0 Å². The van der Waals surface area contributed by atoms with Crippen molar-refractivity contribution in [1.82, 2.24) is 0 Å². The van der Waals surface area contributed by atoms with Gasteiger partial charge in [0.25, 0.3) is 0 Å². The fourth-order valence-electron chi connectivity index (χ4n) is 8.59. The van der Waals surface area contributed by atoms with E-state index in [4.69, 9.17) is 0 Å². The van der Waals surface area contributed by atoms with E-state index in [0.29, 0.717) is 0 Å². The molecule has 0 aliphatic carbocycles. The number of aryl methyl sites for hydroxylation is 2. The topological polar surface area (TPSA) is 0 Å². The van der Waals surface area contributed by atoms with Gasteiger partial charge in [0, 0.05) is 0 Å². The maximum absolute atomic E-state index is 2.46.